The molecule has 0 aromatic carbocycles. The van der Waals surface area contributed by atoms with Crippen molar-refractivity contribution in [1.82, 2.24) is 9.55 Å². The lowest BCUT2D eigenvalue weighted by atomic mass is 10.1. The average molecular weight is 573 g/mol. The van der Waals surface area contributed by atoms with Gasteiger partial charge in [0.25, 0.3) is 11.3 Å². The molecule has 2 heterocycles. The Kier molecular flexibility index (Phi) is 8.56. The highest BCUT2D eigenvalue weighted by Crippen LogP contribution is 2.79. The molecule has 0 amide bonds. The van der Waals surface area contributed by atoms with Gasteiger partial charge in [0, 0.05) is 23.1 Å². The molecule has 186 valence electrons. The van der Waals surface area contributed by atoms with E-state index >= 15 is 0 Å². The van der Waals surface area contributed by atoms with Crippen molar-refractivity contribution in [3.8, 4) is 0 Å². The first-order chi connectivity index (χ1) is 14.9. The van der Waals surface area contributed by atoms with E-state index in [4.69, 9.17) is 24.6 Å². The molecule has 1 aromatic heterocycles. The average Bonchev–Trinajstić information content (AvgIpc) is 3.04. The molecule has 0 radical (unpaired) electrons. The van der Waals surface area contributed by atoms with E-state index in [0.29, 0.717) is 0 Å². The molecule has 1 fully saturated rings. The van der Waals surface area contributed by atoms with Crippen LogP contribution in [-0.2, 0) is 34.5 Å². The predicted molar refractivity (Wildman–Crippen MR) is 115 cm³/mol. The topological polar surface area (TPSA) is 226 Å². The number of hydrogen-bond donors (Lipinski definition) is 5. The number of hydrogen-bond acceptors (Lipinski definition) is 9. The minimum absolute atomic E-state index is 0.0887. The van der Waals surface area contributed by atoms with Gasteiger partial charge < -0.3 is 23.9 Å². The second kappa shape index (κ2) is 9.97. The van der Waals surface area contributed by atoms with E-state index in [1.807, 2.05) is 0 Å². The first-order valence-electron chi connectivity index (χ1n) is 8.38. The van der Waals surface area contributed by atoms with Crippen LogP contribution in [0.5, 0.6) is 0 Å². The smallest absolute Gasteiger partial charge is 0.352 e. The van der Waals surface area contributed by atoms with Crippen LogP contribution in [0.2, 0.25) is 0 Å². The molecule has 22 heteroatoms. The molecule has 1 aliphatic heterocycles. The molecule has 0 saturated carbocycles. The van der Waals surface area contributed by atoms with Gasteiger partial charge in [-0.05, 0) is 24.3 Å². The molecule has 2 rings (SSSR count). The molecule has 1 saturated heterocycles. The van der Waals surface area contributed by atoms with E-state index in [-0.39, 0.29) is 12.0 Å². The van der Waals surface area contributed by atoms with E-state index in [2.05, 4.69) is 43.4 Å². The van der Waals surface area contributed by atoms with Gasteiger partial charge in [-0.15, -0.1) is 0 Å². The lowest BCUT2D eigenvalue weighted by Gasteiger charge is -2.26. The zero-order chi connectivity index (χ0) is 25.4. The molecule has 0 spiro atoms. The Morgan fingerprint density at radius 1 is 1.45 bits per heavy atom. The predicted octanol–water partition coefficient (Wildman–Crippen LogP) is 1.91. The fourth-order valence-corrected chi connectivity index (χ4v) is 8.34. The molecule has 0 bridgehead atoms. The third-order valence-electron chi connectivity index (χ3n) is 4.17. The van der Waals surface area contributed by atoms with Crippen LogP contribution in [0.4, 0.5) is 8.78 Å². The Morgan fingerprint density at radius 2 is 2.06 bits per heavy atom. The summed E-state index contributed by atoms with van der Waals surface area (Å²) in [6.45, 7) is 0.726. The summed E-state index contributed by atoms with van der Waals surface area (Å²) in [6.07, 6.45) is -1.13. The van der Waals surface area contributed by atoms with Gasteiger partial charge in [0.05, 0.1) is 18.8 Å². The van der Waals surface area contributed by atoms with Crippen molar-refractivity contribution in [2.24, 2.45) is 5.11 Å². The Hall–Kier alpha value is -0.930. The van der Waals surface area contributed by atoms with E-state index in [1.165, 1.54) is 13.1 Å². The van der Waals surface area contributed by atoms with Gasteiger partial charge in [-0.1, -0.05) is 17.4 Å². The number of azide groups is 1. The number of H-pyrrole nitrogens is 1. The van der Waals surface area contributed by atoms with Crippen LogP contribution in [0.3, 0.4) is 0 Å². The molecule has 0 aliphatic carbocycles. The number of thiol groups is 1. The Labute approximate surface area is 192 Å². The normalized spacial score (nSPS) is 25.1. The van der Waals surface area contributed by atoms with Crippen LogP contribution in [0.1, 0.15) is 18.2 Å². The summed E-state index contributed by atoms with van der Waals surface area (Å²) in [5.74, 6) is 0. The number of aromatic nitrogens is 2. The largest absolute Gasteiger partial charge is 0.444 e. The summed E-state index contributed by atoms with van der Waals surface area (Å²) in [5, 5.41) is -2.01. The van der Waals surface area contributed by atoms with Crippen LogP contribution in [0.25, 0.3) is 10.4 Å². The van der Waals surface area contributed by atoms with Crippen molar-refractivity contribution < 1.29 is 46.2 Å². The van der Waals surface area contributed by atoms with Crippen molar-refractivity contribution in [1.29, 1.82) is 0 Å². The third-order valence-corrected chi connectivity index (χ3v) is 11.2. The van der Waals surface area contributed by atoms with Gasteiger partial charge >= 0.3 is 26.3 Å². The Bertz CT molecular complexity index is 1230. The molecule has 2 unspecified atom stereocenters. The number of halogens is 2. The number of nitrogens with zero attached hydrogens (tertiary/aromatic N) is 4. The van der Waals surface area contributed by atoms with Crippen LogP contribution in [0, 0.1) is 6.92 Å². The summed E-state index contributed by atoms with van der Waals surface area (Å²) in [4.78, 5) is 54.9. The Morgan fingerprint density at radius 3 is 2.61 bits per heavy atom. The summed E-state index contributed by atoms with van der Waals surface area (Å²) in [6, 6.07) is -1.00. The van der Waals surface area contributed by atoms with Gasteiger partial charge in [-0.2, -0.15) is 8.78 Å². The molecule has 5 atom stereocenters. The fourth-order valence-electron chi connectivity index (χ4n) is 2.57. The van der Waals surface area contributed by atoms with Crippen LogP contribution in [0.15, 0.2) is 20.9 Å². The van der Waals surface area contributed by atoms with Crippen LogP contribution >= 0.6 is 33.1 Å². The number of aromatic amines is 1. The summed E-state index contributed by atoms with van der Waals surface area (Å²) >= 11 is 8.26. The molecule has 15 nitrogen and oxygen atoms in total. The molecule has 1 aromatic rings. The van der Waals surface area contributed by atoms with E-state index in [0.717, 1.165) is 4.57 Å². The molecule has 33 heavy (non-hydrogen) atoms. The number of ether oxygens (including phenoxy) is 1. The number of nitrogens with one attached hydrogen (secondary N) is 1. The minimum atomic E-state index is -6.42. The maximum atomic E-state index is 13.6. The van der Waals surface area contributed by atoms with Crippen LogP contribution in [-0.4, -0.2) is 48.4 Å². The fraction of sp³-hybridized carbons (Fsp3) is 0.636. The van der Waals surface area contributed by atoms with Crippen LogP contribution < -0.4 is 11.2 Å². The Balaban J connectivity index is 2.19. The van der Waals surface area contributed by atoms with Crippen molar-refractivity contribution in [3.63, 3.8) is 0 Å². The zero-order valence-corrected chi connectivity index (χ0v) is 20.6. The first-order valence-corrected chi connectivity index (χ1v) is 15.4. The quantitative estimate of drug-likeness (QED) is 0.0942. The molecular formula is C11H16F2N5O10P3S2. The second-order valence-corrected chi connectivity index (χ2v) is 15.8. The standard InChI is InChI=1S/C11H16F2N5O10P3S2/c1-5-3-18(10(20)15-9(5)19)8-2-6(16-17-14)7(27-8)4-26-31(32,33)28-30(24,25)11(12,13)29(21,22)23/h3,6-8H,2,4H2,1H3,(H,24,25)(H,32,33)(H,15,19,20)(H2,21,22,23)/t6-,7+,8+/m1/s1. The highest BCUT2D eigenvalue weighted by molar-refractivity contribution is 8.60. The second-order valence-electron chi connectivity index (χ2n) is 6.54. The highest BCUT2D eigenvalue weighted by Gasteiger charge is 2.66. The highest BCUT2D eigenvalue weighted by atomic mass is 32.9. The molecular weight excluding hydrogens is 557 g/mol. The van der Waals surface area contributed by atoms with Crippen molar-refractivity contribution in [3.05, 3.63) is 43.0 Å². The van der Waals surface area contributed by atoms with E-state index < -0.39 is 62.5 Å². The summed E-state index contributed by atoms with van der Waals surface area (Å²) < 4.78 is 65.5. The maximum Gasteiger partial charge on any atom is 0.444 e. The molecule has 1 aliphatic rings. The van der Waals surface area contributed by atoms with Crippen molar-refractivity contribution in [2.45, 2.75) is 37.1 Å². The van der Waals surface area contributed by atoms with Crippen molar-refractivity contribution in [2.75, 3.05) is 6.61 Å². The minimum Gasteiger partial charge on any atom is -0.352 e. The van der Waals surface area contributed by atoms with Gasteiger partial charge in [0.2, 0.25) is 0 Å². The van der Waals surface area contributed by atoms with E-state index in [9.17, 15) is 32.4 Å². The van der Waals surface area contributed by atoms with Crippen molar-refractivity contribution >= 4 is 44.9 Å². The monoisotopic (exact) mass is 573 g/mol. The lowest BCUT2D eigenvalue weighted by molar-refractivity contribution is -0.0217. The van der Waals surface area contributed by atoms with E-state index in [1.54, 1.807) is 0 Å². The first kappa shape index (κ1) is 28.3. The SMILES string of the molecule is Cc1cn([C@@H]2C[C@@H](N=[N+]=[N-])[C@H](COP(=S)(S)OP(=O)(O)C(F)(F)P(=O)(O)O)O2)c(=O)[nH]c1=O. The molecule has 4 N–H and O–H groups in total. The summed E-state index contributed by atoms with van der Waals surface area (Å²) in [7, 11) is -12.8. The number of rotatable bonds is 9. The maximum absolute atomic E-state index is 13.6. The zero-order valence-electron chi connectivity index (χ0n) is 16.2. The number of aryl methyl sites for hydroxylation is 1. The summed E-state index contributed by atoms with van der Waals surface area (Å²) in [5.41, 5.74) is 3.12. The number of alkyl halides is 2. The van der Waals surface area contributed by atoms with Gasteiger partial charge in [0.1, 0.15) is 6.23 Å². The van der Waals surface area contributed by atoms with Gasteiger partial charge in [-0.3, -0.25) is 23.5 Å². The third kappa shape index (κ3) is 6.40. The lowest BCUT2D eigenvalue weighted by Crippen LogP contribution is -2.33. The van der Waals surface area contributed by atoms with Gasteiger partial charge in [-0.25, -0.2) is 9.11 Å². The van der Waals surface area contributed by atoms with Gasteiger partial charge in [0.15, 0.2) is 0 Å².